The molecule has 0 saturated carbocycles. The predicted molar refractivity (Wildman–Crippen MR) is 68.1 cm³/mol. The maximum Gasteiger partial charge on any atom is 0.141 e. The molecule has 6 heteroatoms. The van der Waals surface area contributed by atoms with E-state index in [1.54, 1.807) is 12.1 Å². The van der Waals surface area contributed by atoms with Crippen molar-refractivity contribution in [2.45, 2.75) is 6.54 Å². The Hall–Kier alpha value is -0.490. The average Bonchev–Trinajstić information content (AvgIpc) is 2.64. The van der Waals surface area contributed by atoms with Crippen molar-refractivity contribution in [2.75, 3.05) is 0 Å². The summed E-state index contributed by atoms with van der Waals surface area (Å²) in [6.45, 7) is 0.387. The second-order valence-electron chi connectivity index (χ2n) is 3.06. The molecule has 0 amide bonds. The van der Waals surface area contributed by atoms with Crippen LogP contribution in [0.5, 0.6) is 0 Å². The normalized spacial score (nSPS) is 10.8. The molecule has 0 aliphatic rings. The topological polar surface area (TPSA) is 38.9 Å². The largest absolute Gasteiger partial charge is 0.325 e. The lowest BCUT2D eigenvalue weighted by Crippen LogP contribution is -1.93. The molecular formula is C10H7BrClFN2S. The minimum absolute atomic E-state index is 0.104. The molecule has 1 aromatic carbocycles. The van der Waals surface area contributed by atoms with Gasteiger partial charge in [0.2, 0.25) is 0 Å². The Bertz CT molecular complexity index is 530. The van der Waals surface area contributed by atoms with E-state index in [1.165, 1.54) is 17.4 Å². The summed E-state index contributed by atoms with van der Waals surface area (Å²) in [5.41, 5.74) is 6.33. The number of rotatable bonds is 2. The number of benzene rings is 1. The predicted octanol–water partition coefficient (Wildman–Crippen LogP) is 3.82. The van der Waals surface area contributed by atoms with E-state index in [-0.39, 0.29) is 5.02 Å². The van der Waals surface area contributed by atoms with Crippen molar-refractivity contribution >= 4 is 38.9 Å². The molecule has 1 aromatic heterocycles. The van der Waals surface area contributed by atoms with Crippen molar-refractivity contribution in [1.82, 2.24) is 4.98 Å². The first-order chi connectivity index (χ1) is 7.61. The van der Waals surface area contributed by atoms with Gasteiger partial charge in [0.25, 0.3) is 0 Å². The molecule has 0 fully saturated rings. The summed E-state index contributed by atoms with van der Waals surface area (Å²) < 4.78 is 13.7. The minimum atomic E-state index is -0.426. The molecule has 0 spiro atoms. The highest BCUT2D eigenvalue weighted by Crippen LogP contribution is 2.35. The quantitative estimate of drug-likeness (QED) is 0.913. The Kier molecular flexibility index (Phi) is 3.59. The van der Waals surface area contributed by atoms with Crippen LogP contribution in [-0.4, -0.2) is 4.98 Å². The van der Waals surface area contributed by atoms with E-state index >= 15 is 0 Å². The van der Waals surface area contributed by atoms with Gasteiger partial charge < -0.3 is 5.73 Å². The van der Waals surface area contributed by atoms with Crippen molar-refractivity contribution in [1.29, 1.82) is 0 Å². The van der Waals surface area contributed by atoms with E-state index in [9.17, 15) is 4.39 Å². The van der Waals surface area contributed by atoms with Gasteiger partial charge in [0, 0.05) is 6.54 Å². The van der Waals surface area contributed by atoms with Gasteiger partial charge in [0.15, 0.2) is 0 Å². The standard InChI is InChI=1S/C10H7BrClFN2S/c11-10-9(16-8(4-14)15-10)5-1-2-7(13)6(12)3-5/h1-3H,4,14H2. The smallest absolute Gasteiger partial charge is 0.141 e. The van der Waals surface area contributed by atoms with Crippen molar-refractivity contribution in [3.05, 3.63) is 38.6 Å². The van der Waals surface area contributed by atoms with Gasteiger partial charge in [-0.2, -0.15) is 0 Å². The number of nitrogens with two attached hydrogens (primary N) is 1. The zero-order chi connectivity index (χ0) is 11.7. The number of thiazole rings is 1. The van der Waals surface area contributed by atoms with E-state index < -0.39 is 5.82 Å². The molecule has 0 atom stereocenters. The van der Waals surface area contributed by atoms with Crippen LogP contribution in [0.25, 0.3) is 10.4 Å². The number of hydrogen-bond acceptors (Lipinski definition) is 3. The molecule has 0 saturated heterocycles. The van der Waals surface area contributed by atoms with Gasteiger partial charge in [0.05, 0.1) is 9.90 Å². The third-order valence-corrected chi connectivity index (χ3v) is 4.24. The first-order valence-electron chi connectivity index (χ1n) is 4.42. The zero-order valence-corrected chi connectivity index (χ0v) is 11.2. The van der Waals surface area contributed by atoms with Crippen LogP contribution in [0.15, 0.2) is 22.8 Å². The van der Waals surface area contributed by atoms with Crippen LogP contribution in [0.4, 0.5) is 4.39 Å². The summed E-state index contributed by atoms with van der Waals surface area (Å²) in [6, 6.07) is 4.58. The molecule has 84 valence electrons. The lowest BCUT2D eigenvalue weighted by atomic mass is 10.2. The molecule has 0 bridgehead atoms. The van der Waals surface area contributed by atoms with Crippen LogP contribution in [0, 0.1) is 5.82 Å². The van der Waals surface area contributed by atoms with Gasteiger partial charge in [-0.15, -0.1) is 11.3 Å². The molecule has 2 nitrogen and oxygen atoms in total. The highest BCUT2D eigenvalue weighted by atomic mass is 79.9. The van der Waals surface area contributed by atoms with E-state index in [0.717, 1.165) is 15.4 Å². The van der Waals surface area contributed by atoms with Crippen LogP contribution in [0.1, 0.15) is 5.01 Å². The molecule has 0 radical (unpaired) electrons. The number of aromatic nitrogens is 1. The van der Waals surface area contributed by atoms with E-state index in [1.807, 2.05) is 0 Å². The van der Waals surface area contributed by atoms with E-state index in [0.29, 0.717) is 11.1 Å². The van der Waals surface area contributed by atoms with Crippen LogP contribution in [-0.2, 0) is 6.54 Å². The Labute approximate surface area is 109 Å². The molecule has 2 N–H and O–H groups in total. The van der Waals surface area contributed by atoms with E-state index in [4.69, 9.17) is 17.3 Å². The van der Waals surface area contributed by atoms with Crippen LogP contribution in [0.3, 0.4) is 0 Å². The third kappa shape index (κ3) is 2.27. The third-order valence-electron chi connectivity index (χ3n) is 1.99. The Balaban J connectivity index is 2.49. The van der Waals surface area contributed by atoms with Crippen molar-refractivity contribution in [2.24, 2.45) is 5.73 Å². The van der Waals surface area contributed by atoms with E-state index in [2.05, 4.69) is 20.9 Å². The number of hydrogen-bond donors (Lipinski definition) is 1. The lowest BCUT2D eigenvalue weighted by Gasteiger charge is -1.99. The van der Waals surface area contributed by atoms with Crippen LogP contribution in [0.2, 0.25) is 5.02 Å². The first-order valence-corrected chi connectivity index (χ1v) is 6.41. The number of halogens is 3. The minimum Gasteiger partial charge on any atom is -0.325 e. The summed E-state index contributed by atoms with van der Waals surface area (Å²) in [4.78, 5) is 5.14. The number of nitrogens with zero attached hydrogens (tertiary/aromatic N) is 1. The summed E-state index contributed by atoms with van der Waals surface area (Å²) in [5, 5.41) is 0.925. The van der Waals surface area contributed by atoms with Gasteiger partial charge in [0.1, 0.15) is 15.4 Å². The van der Waals surface area contributed by atoms with Gasteiger partial charge in [-0.1, -0.05) is 17.7 Å². The Morgan fingerprint density at radius 1 is 1.50 bits per heavy atom. The Morgan fingerprint density at radius 3 is 2.81 bits per heavy atom. The summed E-state index contributed by atoms with van der Waals surface area (Å²) >= 11 is 10.5. The van der Waals surface area contributed by atoms with Crippen LogP contribution >= 0.6 is 38.9 Å². The summed E-state index contributed by atoms with van der Waals surface area (Å²) in [6.07, 6.45) is 0. The highest BCUT2D eigenvalue weighted by Gasteiger charge is 2.11. The maximum absolute atomic E-state index is 13.0. The fraction of sp³-hybridized carbons (Fsp3) is 0.100. The van der Waals surface area contributed by atoms with Gasteiger partial charge in [-0.05, 0) is 33.6 Å². The second kappa shape index (κ2) is 4.79. The lowest BCUT2D eigenvalue weighted by molar-refractivity contribution is 0.628. The molecule has 0 aliphatic heterocycles. The van der Waals surface area contributed by atoms with Gasteiger partial charge in [-0.25, -0.2) is 9.37 Å². The Morgan fingerprint density at radius 2 is 2.25 bits per heavy atom. The highest BCUT2D eigenvalue weighted by molar-refractivity contribution is 9.10. The molecule has 0 unspecified atom stereocenters. The molecule has 0 aliphatic carbocycles. The fourth-order valence-electron chi connectivity index (χ4n) is 1.25. The average molecular weight is 322 g/mol. The molecule has 2 aromatic rings. The molecule has 1 heterocycles. The summed E-state index contributed by atoms with van der Waals surface area (Å²) in [7, 11) is 0. The SMILES string of the molecule is NCc1nc(Br)c(-c2ccc(F)c(Cl)c2)s1. The maximum atomic E-state index is 13.0. The van der Waals surface area contributed by atoms with Gasteiger partial charge in [-0.3, -0.25) is 0 Å². The van der Waals surface area contributed by atoms with Gasteiger partial charge >= 0.3 is 0 Å². The molecular weight excluding hydrogens is 315 g/mol. The first kappa shape index (κ1) is 12.0. The zero-order valence-electron chi connectivity index (χ0n) is 8.01. The monoisotopic (exact) mass is 320 g/mol. The van der Waals surface area contributed by atoms with Crippen molar-refractivity contribution in [3.63, 3.8) is 0 Å². The second-order valence-corrected chi connectivity index (χ2v) is 5.30. The summed E-state index contributed by atoms with van der Waals surface area (Å²) in [5.74, 6) is -0.426. The fourth-order valence-corrected chi connectivity index (χ4v) is 3.06. The molecule has 2 rings (SSSR count). The van der Waals surface area contributed by atoms with Crippen LogP contribution < -0.4 is 5.73 Å². The molecule has 16 heavy (non-hydrogen) atoms. The van der Waals surface area contributed by atoms with Crippen molar-refractivity contribution in [3.8, 4) is 10.4 Å². The van der Waals surface area contributed by atoms with Crippen molar-refractivity contribution < 1.29 is 4.39 Å².